The number of fused-ring (bicyclic) bond motifs is 1. The zero-order valence-electron chi connectivity index (χ0n) is 16.2. The fraction of sp³-hybridized carbons (Fsp3) is 0.227. The highest BCUT2D eigenvalue weighted by atomic mass is 19.2. The van der Waals surface area contributed by atoms with Crippen molar-refractivity contribution in [1.29, 1.82) is 0 Å². The van der Waals surface area contributed by atoms with Gasteiger partial charge in [0.25, 0.3) is 0 Å². The highest BCUT2D eigenvalue weighted by Gasteiger charge is 2.24. The van der Waals surface area contributed by atoms with Crippen molar-refractivity contribution < 1.29 is 8.78 Å². The van der Waals surface area contributed by atoms with Gasteiger partial charge in [-0.2, -0.15) is 4.98 Å². The number of hydrogen-bond acceptors (Lipinski definition) is 5. The number of rotatable bonds is 4. The predicted molar refractivity (Wildman–Crippen MR) is 112 cm³/mol. The van der Waals surface area contributed by atoms with Gasteiger partial charge in [-0.05, 0) is 30.5 Å². The molecule has 2 N–H and O–H groups in total. The summed E-state index contributed by atoms with van der Waals surface area (Å²) in [5.74, 6) is -1.11. The number of benzene rings is 2. The van der Waals surface area contributed by atoms with E-state index >= 15 is 0 Å². The third kappa shape index (κ3) is 3.14. The lowest BCUT2D eigenvalue weighted by molar-refractivity contribution is 0.511. The molecule has 0 spiro atoms. The summed E-state index contributed by atoms with van der Waals surface area (Å²) in [5.41, 5.74) is 8.11. The Kier molecular flexibility index (Phi) is 4.54. The van der Waals surface area contributed by atoms with Crippen molar-refractivity contribution in [3.05, 3.63) is 65.7 Å². The maximum Gasteiger partial charge on any atom is 0.228 e. The molecule has 0 radical (unpaired) electrons. The number of nitrogen functional groups attached to an aromatic ring is 1. The SMILES string of the molecule is Nc1c2c(-c3cccc(F)c3F)nc(N3CCCC3)nc2nn1Cc1ccccc1. The van der Waals surface area contributed by atoms with E-state index in [0.717, 1.165) is 37.6 Å². The van der Waals surface area contributed by atoms with Crippen LogP contribution in [0.5, 0.6) is 0 Å². The molecule has 0 unspecified atom stereocenters. The van der Waals surface area contributed by atoms with Crippen LogP contribution in [0.3, 0.4) is 0 Å². The first-order valence-electron chi connectivity index (χ1n) is 9.89. The maximum atomic E-state index is 14.7. The van der Waals surface area contributed by atoms with E-state index in [-0.39, 0.29) is 11.3 Å². The lowest BCUT2D eigenvalue weighted by Crippen LogP contribution is -2.20. The molecule has 2 aromatic carbocycles. The molecule has 0 aliphatic carbocycles. The third-order valence-corrected chi connectivity index (χ3v) is 5.40. The van der Waals surface area contributed by atoms with Gasteiger partial charge in [-0.3, -0.25) is 0 Å². The molecule has 0 amide bonds. The number of anilines is 2. The molecule has 0 atom stereocenters. The largest absolute Gasteiger partial charge is 0.383 e. The second kappa shape index (κ2) is 7.37. The first-order chi connectivity index (χ1) is 14.6. The monoisotopic (exact) mass is 406 g/mol. The molecule has 0 saturated carbocycles. The Labute approximate surface area is 172 Å². The molecule has 0 bridgehead atoms. The molecule has 1 saturated heterocycles. The van der Waals surface area contributed by atoms with Crippen molar-refractivity contribution in [3.63, 3.8) is 0 Å². The summed E-state index contributed by atoms with van der Waals surface area (Å²) in [7, 11) is 0. The van der Waals surface area contributed by atoms with Crippen molar-refractivity contribution in [2.24, 2.45) is 0 Å². The standard InChI is InChI=1S/C22H20F2N6/c23-16-10-6-9-15(18(16)24)19-17-20(25)30(13-14-7-2-1-3-8-14)28-21(17)27-22(26-19)29-11-4-5-12-29/h1-3,6-10H,4-5,11-13,25H2. The molecular weight excluding hydrogens is 386 g/mol. The molecule has 1 aliphatic rings. The summed E-state index contributed by atoms with van der Waals surface area (Å²) in [6.07, 6.45) is 2.07. The normalized spacial score (nSPS) is 14.0. The van der Waals surface area contributed by atoms with Crippen molar-refractivity contribution >= 4 is 22.8 Å². The summed E-state index contributed by atoms with van der Waals surface area (Å²) < 4.78 is 30.3. The Balaban J connectivity index is 1.72. The minimum atomic E-state index is -0.958. The summed E-state index contributed by atoms with van der Waals surface area (Å²) in [6, 6.07) is 13.8. The van der Waals surface area contributed by atoms with Crippen molar-refractivity contribution in [1.82, 2.24) is 19.7 Å². The van der Waals surface area contributed by atoms with Crippen LogP contribution in [0.1, 0.15) is 18.4 Å². The van der Waals surface area contributed by atoms with Crippen LogP contribution < -0.4 is 10.6 Å². The predicted octanol–water partition coefficient (Wildman–Crippen LogP) is 4.00. The molecule has 8 heteroatoms. The zero-order chi connectivity index (χ0) is 20.7. The first kappa shape index (κ1) is 18.5. The number of aromatic nitrogens is 4. The Morgan fingerprint density at radius 3 is 2.47 bits per heavy atom. The third-order valence-electron chi connectivity index (χ3n) is 5.40. The molecule has 152 valence electrons. The molecule has 1 fully saturated rings. The van der Waals surface area contributed by atoms with Crippen LogP contribution in [0.25, 0.3) is 22.3 Å². The molecular formula is C22H20F2N6. The molecule has 4 aromatic rings. The fourth-order valence-electron chi connectivity index (χ4n) is 3.86. The van der Waals surface area contributed by atoms with E-state index in [0.29, 0.717) is 29.3 Å². The van der Waals surface area contributed by atoms with Crippen molar-refractivity contribution in [2.45, 2.75) is 19.4 Å². The van der Waals surface area contributed by atoms with Crippen LogP contribution in [0.4, 0.5) is 20.5 Å². The molecule has 5 rings (SSSR count). The van der Waals surface area contributed by atoms with Crippen LogP contribution in [0.2, 0.25) is 0 Å². The highest BCUT2D eigenvalue weighted by Crippen LogP contribution is 2.34. The van der Waals surface area contributed by atoms with Crippen LogP contribution in [0.15, 0.2) is 48.5 Å². The average molecular weight is 406 g/mol. The van der Waals surface area contributed by atoms with E-state index < -0.39 is 11.6 Å². The van der Waals surface area contributed by atoms with Gasteiger partial charge in [-0.25, -0.2) is 18.4 Å². The van der Waals surface area contributed by atoms with E-state index in [2.05, 4.69) is 15.1 Å². The molecule has 30 heavy (non-hydrogen) atoms. The topological polar surface area (TPSA) is 72.9 Å². The summed E-state index contributed by atoms with van der Waals surface area (Å²) in [4.78, 5) is 11.3. The van der Waals surface area contributed by atoms with Crippen LogP contribution >= 0.6 is 0 Å². The van der Waals surface area contributed by atoms with E-state index in [4.69, 9.17) is 5.73 Å². The molecule has 1 aliphatic heterocycles. The summed E-state index contributed by atoms with van der Waals surface area (Å²) in [5, 5.41) is 5.00. The number of nitrogens with zero attached hydrogens (tertiary/aromatic N) is 5. The number of hydrogen-bond donors (Lipinski definition) is 1. The summed E-state index contributed by atoms with van der Waals surface area (Å²) in [6.45, 7) is 2.07. The Morgan fingerprint density at radius 2 is 1.70 bits per heavy atom. The van der Waals surface area contributed by atoms with E-state index in [1.165, 1.54) is 12.1 Å². The minimum Gasteiger partial charge on any atom is -0.383 e. The van der Waals surface area contributed by atoms with Crippen LogP contribution in [-0.2, 0) is 6.54 Å². The highest BCUT2D eigenvalue weighted by molar-refractivity contribution is 5.99. The Hall–Kier alpha value is -3.55. The fourth-order valence-corrected chi connectivity index (χ4v) is 3.86. The average Bonchev–Trinajstić information content (AvgIpc) is 3.39. The number of nitrogens with two attached hydrogens (primary N) is 1. The van der Waals surface area contributed by atoms with Gasteiger partial charge >= 0.3 is 0 Å². The van der Waals surface area contributed by atoms with E-state index in [1.807, 2.05) is 35.2 Å². The summed E-state index contributed by atoms with van der Waals surface area (Å²) >= 11 is 0. The van der Waals surface area contributed by atoms with Crippen molar-refractivity contribution in [2.75, 3.05) is 23.7 Å². The van der Waals surface area contributed by atoms with Gasteiger partial charge < -0.3 is 10.6 Å². The molecule has 3 heterocycles. The van der Waals surface area contributed by atoms with Gasteiger partial charge in [0.15, 0.2) is 17.3 Å². The van der Waals surface area contributed by atoms with Gasteiger partial charge in [0.1, 0.15) is 5.82 Å². The second-order valence-corrected chi connectivity index (χ2v) is 7.39. The van der Waals surface area contributed by atoms with Gasteiger partial charge in [0.2, 0.25) is 5.95 Å². The quantitative estimate of drug-likeness (QED) is 0.555. The molecule has 6 nitrogen and oxygen atoms in total. The minimum absolute atomic E-state index is 0.0498. The zero-order valence-corrected chi connectivity index (χ0v) is 16.2. The Bertz CT molecular complexity index is 1220. The van der Waals surface area contributed by atoms with Crippen LogP contribution in [0, 0.1) is 11.6 Å². The first-order valence-corrected chi connectivity index (χ1v) is 9.89. The van der Waals surface area contributed by atoms with Crippen LogP contribution in [-0.4, -0.2) is 32.8 Å². The lowest BCUT2D eigenvalue weighted by atomic mass is 10.1. The van der Waals surface area contributed by atoms with E-state index in [1.54, 1.807) is 4.68 Å². The Morgan fingerprint density at radius 1 is 0.933 bits per heavy atom. The van der Waals surface area contributed by atoms with Crippen molar-refractivity contribution in [3.8, 4) is 11.3 Å². The molecule has 2 aromatic heterocycles. The second-order valence-electron chi connectivity index (χ2n) is 7.39. The van der Waals surface area contributed by atoms with Gasteiger partial charge in [0.05, 0.1) is 17.6 Å². The van der Waals surface area contributed by atoms with Gasteiger partial charge in [-0.1, -0.05) is 36.4 Å². The van der Waals surface area contributed by atoms with E-state index in [9.17, 15) is 8.78 Å². The van der Waals surface area contributed by atoms with Gasteiger partial charge in [-0.15, -0.1) is 5.10 Å². The maximum absolute atomic E-state index is 14.7. The number of halogens is 2. The lowest BCUT2D eigenvalue weighted by Gasteiger charge is -2.16. The smallest absolute Gasteiger partial charge is 0.228 e. The van der Waals surface area contributed by atoms with Gasteiger partial charge in [0, 0.05) is 18.7 Å².